The molecule has 1 fully saturated rings. The lowest BCUT2D eigenvalue weighted by molar-refractivity contribution is 0.272. The molecule has 0 radical (unpaired) electrons. The van der Waals surface area contributed by atoms with Gasteiger partial charge in [0.1, 0.15) is 0 Å². The van der Waals surface area contributed by atoms with Crippen molar-refractivity contribution in [2.24, 2.45) is 0 Å². The minimum atomic E-state index is 0.263. The van der Waals surface area contributed by atoms with Crippen LogP contribution in [0.15, 0.2) is 24.3 Å². The van der Waals surface area contributed by atoms with Gasteiger partial charge in [-0.25, -0.2) is 0 Å². The van der Waals surface area contributed by atoms with E-state index >= 15 is 0 Å². The molecule has 0 saturated carbocycles. The third kappa shape index (κ3) is 3.73. The highest BCUT2D eigenvalue weighted by molar-refractivity contribution is 5.48. The molecule has 1 aliphatic rings. The molecule has 0 amide bonds. The van der Waals surface area contributed by atoms with E-state index in [1.54, 1.807) is 0 Å². The summed E-state index contributed by atoms with van der Waals surface area (Å²) in [5.74, 6) is 0. The number of nitrogens with zero attached hydrogens (tertiary/aromatic N) is 1. The van der Waals surface area contributed by atoms with Gasteiger partial charge in [0.05, 0.1) is 0 Å². The van der Waals surface area contributed by atoms with Crippen LogP contribution in [0.3, 0.4) is 0 Å². The summed E-state index contributed by atoms with van der Waals surface area (Å²) in [7, 11) is 2.24. The standard InChI is InChI=1S/C17H28N2/c1-5-6-14-7-9-15(10-8-14)19(4)16-11-12-18-17(2,3)13-16/h7-10,16,18H,5-6,11-13H2,1-4H3. The van der Waals surface area contributed by atoms with Crippen LogP contribution < -0.4 is 10.2 Å². The van der Waals surface area contributed by atoms with Gasteiger partial charge in [0.25, 0.3) is 0 Å². The van der Waals surface area contributed by atoms with Gasteiger partial charge in [-0.3, -0.25) is 0 Å². The van der Waals surface area contributed by atoms with Crippen LogP contribution in [0.4, 0.5) is 5.69 Å². The van der Waals surface area contributed by atoms with Crippen molar-refractivity contribution in [3.63, 3.8) is 0 Å². The molecule has 0 bridgehead atoms. The normalized spacial score (nSPS) is 22.2. The van der Waals surface area contributed by atoms with Crippen molar-refractivity contribution in [2.45, 2.75) is 58.0 Å². The third-order valence-electron chi connectivity index (χ3n) is 4.26. The van der Waals surface area contributed by atoms with Gasteiger partial charge in [-0.05, 0) is 57.4 Å². The van der Waals surface area contributed by atoms with E-state index in [1.165, 1.54) is 36.9 Å². The van der Waals surface area contributed by atoms with Crippen LogP contribution in [0.25, 0.3) is 0 Å². The zero-order valence-electron chi connectivity index (χ0n) is 12.9. The fraction of sp³-hybridized carbons (Fsp3) is 0.647. The van der Waals surface area contributed by atoms with E-state index < -0.39 is 0 Å². The second kappa shape index (κ2) is 5.96. The molecular formula is C17H28N2. The first-order valence-electron chi connectivity index (χ1n) is 7.58. The van der Waals surface area contributed by atoms with Gasteiger partial charge >= 0.3 is 0 Å². The molecule has 0 aromatic heterocycles. The maximum atomic E-state index is 3.59. The van der Waals surface area contributed by atoms with E-state index in [1.807, 2.05) is 0 Å². The maximum Gasteiger partial charge on any atom is 0.0366 e. The maximum absolute atomic E-state index is 3.59. The zero-order valence-corrected chi connectivity index (χ0v) is 12.9. The van der Waals surface area contributed by atoms with Crippen molar-refractivity contribution >= 4 is 5.69 Å². The van der Waals surface area contributed by atoms with Crippen LogP contribution in [-0.2, 0) is 6.42 Å². The van der Waals surface area contributed by atoms with Gasteiger partial charge in [0.15, 0.2) is 0 Å². The van der Waals surface area contributed by atoms with E-state index in [0.717, 1.165) is 6.54 Å². The lowest BCUT2D eigenvalue weighted by atomic mass is 9.88. The van der Waals surface area contributed by atoms with Crippen molar-refractivity contribution in [3.05, 3.63) is 29.8 Å². The summed E-state index contributed by atoms with van der Waals surface area (Å²) in [6, 6.07) is 9.76. The molecule has 19 heavy (non-hydrogen) atoms. The first-order chi connectivity index (χ1) is 9.02. The molecule has 2 nitrogen and oxygen atoms in total. The fourth-order valence-electron chi connectivity index (χ4n) is 3.07. The summed E-state index contributed by atoms with van der Waals surface area (Å²) in [6.07, 6.45) is 4.85. The van der Waals surface area contributed by atoms with Gasteiger partial charge in [0, 0.05) is 24.3 Å². The minimum absolute atomic E-state index is 0.263. The Hall–Kier alpha value is -1.02. The van der Waals surface area contributed by atoms with Gasteiger partial charge in [-0.2, -0.15) is 0 Å². The highest BCUT2D eigenvalue weighted by Gasteiger charge is 2.29. The molecule has 1 unspecified atom stereocenters. The van der Waals surface area contributed by atoms with Crippen LogP contribution in [-0.4, -0.2) is 25.2 Å². The van der Waals surface area contributed by atoms with Crippen LogP contribution in [0.5, 0.6) is 0 Å². The molecule has 1 saturated heterocycles. The Balaban J connectivity index is 2.04. The zero-order chi connectivity index (χ0) is 13.9. The predicted molar refractivity (Wildman–Crippen MR) is 83.9 cm³/mol. The monoisotopic (exact) mass is 260 g/mol. The summed E-state index contributed by atoms with van der Waals surface area (Å²) >= 11 is 0. The van der Waals surface area contributed by atoms with Crippen molar-refractivity contribution in [1.82, 2.24) is 5.32 Å². The molecule has 2 heteroatoms. The Morgan fingerprint density at radius 2 is 1.95 bits per heavy atom. The largest absolute Gasteiger partial charge is 0.371 e. The minimum Gasteiger partial charge on any atom is -0.371 e. The number of hydrogen-bond acceptors (Lipinski definition) is 2. The van der Waals surface area contributed by atoms with Crippen LogP contribution >= 0.6 is 0 Å². The first-order valence-corrected chi connectivity index (χ1v) is 7.58. The fourth-order valence-corrected chi connectivity index (χ4v) is 3.07. The van der Waals surface area contributed by atoms with Crippen molar-refractivity contribution in [2.75, 3.05) is 18.5 Å². The van der Waals surface area contributed by atoms with Gasteiger partial charge in [-0.15, -0.1) is 0 Å². The van der Waals surface area contributed by atoms with Crippen molar-refractivity contribution in [3.8, 4) is 0 Å². The Bertz CT molecular complexity index is 394. The second-order valence-corrected chi connectivity index (χ2v) is 6.48. The summed E-state index contributed by atoms with van der Waals surface area (Å²) in [4.78, 5) is 2.46. The molecule has 1 aromatic carbocycles. The second-order valence-electron chi connectivity index (χ2n) is 6.48. The topological polar surface area (TPSA) is 15.3 Å². The smallest absolute Gasteiger partial charge is 0.0366 e. The molecule has 1 atom stereocenters. The SMILES string of the molecule is CCCc1ccc(N(C)C2CCNC(C)(C)C2)cc1. The molecule has 1 aromatic rings. The van der Waals surface area contributed by atoms with E-state index in [0.29, 0.717) is 6.04 Å². The Kier molecular flexibility index (Phi) is 4.51. The molecule has 2 rings (SSSR count). The molecule has 1 N–H and O–H groups in total. The number of piperidine rings is 1. The number of rotatable bonds is 4. The molecule has 1 heterocycles. The van der Waals surface area contributed by atoms with Gasteiger partial charge in [-0.1, -0.05) is 25.5 Å². The van der Waals surface area contributed by atoms with E-state index in [9.17, 15) is 0 Å². The third-order valence-corrected chi connectivity index (χ3v) is 4.26. The van der Waals surface area contributed by atoms with Crippen LogP contribution in [0.2, 0.25) is 0 Å². The van der Waals surface area contributed by atoms with Crippen molar-refractivity contribution < 1.29 is 0 Å². The summed E-state index contributed by atoms with van der Waals surface area (Å²) in [6.45, 7) is 7.96. The average Bonchev–Trinajstić information content (AvgIpc) is 2.38. The molecule has 0 spiro atoms. The van der Waals surface area contributed by atoms with E-state index in [-0.39, 0.29) is 5.54 Å². The van der Waals surface area contributed by atoms with Crippen LogP contribution in [0.1, 0.15) is 45.6 Å². The summed E-state index contributed by atoms with van der Waals surface area (Å²) in [5.41, 5.74) is 3.06. The molecular weight excluding hydrogens is 232 g/mol. The van der Waals surface area contributed by atoms with Crippen LogP contribution in [0, 0.1) is 0 Å². The van der Waals surface area contributed by atoms with Gasteiger partial charge in [0.2, 0.25) is 0 Å². The number of benzene rings is 1. The Morgan fingerprint density at radius 3 is 2.53 bits per heavy atom. The van der Waals surface area contributed by atoms with Crippen molar-refractivity contribution in [1.29, 1.82) is 0 Å². The number of aryl methyl sites for hydroxylation is 1. The molecule has 106 valence electrons. The average molecular weight is 260 g/mol. The number of nitrogens with one attached hydrogen (secondary N) is 1. The first kappa shape index (κ1) is 14.4. The summed E-state index contributed by atoms with van der Waals surface area (Å²) < 4.78 is 0. The highest BCUT2D eigenvalue weighted by Crippen LogP contribution is 2.26. The molecule has 0 aliphatic carbocycles. The number of hydrogen-bond donors (Lipinski definition) is 1. The Morgan fingerprint density at radius 1 is 1.26 bits per heavy atom. The quantitative estimate of drug-likeness (QED) is 0.889. The predicted octanol–water partition coefficient (Wildman–Crippen LogP) is 3.61. The number of anilines is 1. The summed E-state index contributed by atoms with van der Waals surface area (Å²) in [5, 5.41) is 3.59. The lowest BCUT2D eigenvalue weighted by Gasteiger charge is -2.41. The Labute approximate surface area is 118 Å². The van der Waals surface area contributed by atoms with E-state index in [2.05, 4.69) is 62.3 Å². The van der Waals surface area contributed by atoms with Gasteiger partial charge < -0.3 is 10.2 Å². The lowest BCUT2D eigenvalue weighted by Crippen LogP contribution is -2.52. The molecule has 1 aliphatic heterocycles. The van der Waals surface area contributed by atoms with E-state index in [4.69, 9.17) is 0 Å². The highest BCUT2D eigenvalue weighted by atomic mass is 15.2.